The second-order valence-electron chi connectivity index (χ2n) is 6.57. The fourth-order valence-corrected chi connectivity index (χ4v) is 3.88. The molecule has 1 aliphatic heterocycles. The lowest BCUT2D eigenvalue weighted by molar-refractivity contribution is -0.141. The van der Waals surface area contributed by atoms with Crippen molar-refractivity contribution in [1.82, 2.24) is 4.90 Å². The molecule has 1 aliphatic carbocycles. The van der Waals surface area contributed by atoms with E-state index in [4.69, 9.17) is 16.3 Å². The van der Waals surface area contributed by atoms with Gasteiger partial charge in [-0.05, 0) is 57.6 Å². The van der Waals surface area contributed by atoms with Gasteiger partial charge in [0.05, 0.1) is 0 Å². The molecule has 2 aliphatic rings. The van der Waals surface area contributed by atoms with Crippen molar-refractivity contribution in [2.75, 3.05) is 20.6 Å². The molecule has 0 radical (unpaired) electrons. The van der Waals surface area contributed by atoms with Crippen molar-refractivity contribution in [2.45, 2.75) is 24.7 Å². The summed E-state index contributed by atoms with van der Waals surface area (Å²) in [7, 11) is 4.10. The summed E-state index contributed by atoms with van der Waals surface area (Å²) in [5.41, 5.74) is 0.404. The van der Waals surface area contributed by atoms with E-state index < -0.39 is 5.41 Å². The Morgan fingerprint density at radius 1 is 1.26 bits per heavy atom. The summed E-state index contributed by atoms with van der Waals surface area (Å²) in [6.45, 7) is 0.942. The molecule has 2 atom stereocenters. The molecule has 0 N–H and O–H groups in total. The first-order chi connectivity index (χ1) is 11.0. The summed E-state index contributed by atoms with van der Waals surface area (Å²) in [5, 5.41) is 0.782. The largest absolute Gasteiger partial charge is 0.430 e. The molecule has 4 heteroatoms. The van der Waals surface area contributed by atoms with E-state index in [0.717, 1.165) is 35.7 Å². The molecule has 1 saturated heterocycles. The number of rotatable bonds is 5. The molecule has 0 aromatic heterocycles. The zero-order valence-corrected chi connectivity index (χ0v) is 14.3. The topological polar surface area (TPSA) is 29.5 Å². The van der Waals surface area contributed by atoms with Crippen LogP contribution in [-0.4, -0.2) is 31.5 Å². The van der Waals surface area contributed by atoms with Crippen LogP contribution in [0.4, 0.5) is 0 Å². The molecule has 1 heterocycles. The van der Waals surface area contributed by atoms with Gasteiger partial charge >= 0.3 is 5.97 Å². The Balaban J connectivity index is 2.00. The first-order valence-corrected chi connectivity index (χ1v) is 8.40. The van der Waals surface area contributed by atoms with Gasteiger partial charge in [0.1, 0.15) is 11.2 Å². The fourth-order valence-electron chi connectivity index (χ4n) is 3.66. The van der Waals surface area contributed by atoms with Gasteiger partial charge in [-0.1, -0.05) is 41.9 Å². The Morgan fingerprint density at radius 3 is 2.70 bits per heavy atom. The zero-order valence-electron chi connectivity index (χ0n) is 13.6. The molecule has 3 nitrogen and oxygen atoms in total. The average Bonchev–Trinajstić information content (AvgIpc) is 2.81. The smallest absolute Gasteiger partial charge is 0.322 e. The van der Waals surface area contributed by atoms with E-state index in [9.17, 15) is 4.79 Å². The lowest BCUT2D eigenvalue weighted by atomic mass is 9.66. The average molecular weight is 332 g/mol. The third kappa shape index (κ3) is 2.96. The van der Waals surface area contributed by atoms with Gasteiger partial charge in [0, 0.05) is 11.0 Å². The van der Waals surface area contributed by atoms with Gasteiger partial charge < -0.3 is 9.64 Å². The summed E-state index contributed by atoms with van der Waals surface area (Å²) in [6.07, 6.45) is 6.05. The molecule has 23 heavy (non-hydrogen) atoms. The van der Waals surface area contributed by atoms with E-state index in [1.807, 2.05) is 56.6 Å². The SMILES string of the molecule is CN(C)CCCC1(c2ccccc2)C(=O)OC2=CC=C(Cl)CC21. The Kier molecular flexibility index (Phi) is 4.60. The minimum Gasteiger partial charge on any atom is -0.430 e. The number of allylic oxidation sites excluding steroid dienone is 4. The molecule has 122 valence electrons. The number of esters is 1. The van der Waals surface area contributed by atoms with Gasteiger partial charge in [-0.2, -0.15) is 0 Å². The molecule has 1 aromatic carbocycles. The van der Waals surface area contributed by atoms with Crippen LogP contribution in [0.1, 0.15) is 24.8 Å². The molecule has 3 rings (SSSR count). The second kappa shape index (κ2) is 6.50. The maximum absolute atomic E-state index is 12.9. The lowest BCUT2D eigenvalue weighted by Crippen LogP contribution is -2.39. The Bertz CT molecular complexity index is 651. The molecule has 0 saturated carbocycles. The van der Waals surface area contributed by atoms with Gasteiger partial charge in [-0.25, -0.2) is 0 Å². The first-order valence-electron chi connectivity index (χ1n) is 8.03. The van der Waals surface area contributed by atoms with E-state index >= 15 is 0 Å². The number of carbonyl (C=O) groups excluding carboxylic acids is 1. The summed E-state index contributed by atoms with van der Waals surface area (Å²) in [4.78, 5) is 15.0. The summed E-state index contributed by atoms with van der Waals surface area (Å²) in [6, 6.07) is 10.0. The third-order valence-electron chi connectivity index (χ3n) is 4.81. The molecule has 0 spiro atoms. The van der Waals surface area contributed by atoms with Crippen LogP contribution in [-0.2, 0) is 14.9 Å². The first kappa shape index (κ1) is 16.3. The minimum absolute atomic E-state index is 0.00272. The highest BCUT2D eigenvalue weighted by Crippen LogP contribution is 2.51. The van der Waals surface area contributed by atoms with E-state index in [0.29, 0.717) is 6.42 Å². The highest BCUT2D eigenvalue weighted by Gasteiger charge is 2.56. The second-order valence-corrected chi connectivity index (χ2v) is 7.06. The van der Waals surface area contributed by atoms with Crippen LogP contribution < -0.4 is 0 Å². The lowest BCUT2D eigenvalue weighted by Gasteiger charge is -2.32. The molecule has 1 aromatic rings. The van der Waals surface area contributed by atoms with Crippen molar-refractivity contribution in [2.24, 2.45) is 5.92 Å². The van der Waals surface area contributed by atoms with Crippen LogP contribution in [0.25, 0.3) is 0 Å². The predicted octanol–water partition coefficient (Wildman–Crippen LogP) is 3.85. The molecular formula is C19H22ClNO2. The zero-order chi connectivity index (χ0) is 16.4. The summed E-state index contributed by atoms with van der Waals surface area (Å²) in [5.74, 6) is 0.614. The van der Waals surface area contributed by atoms with Gasteiger partial charge in [-0.3, -0.25) is 4.79 Å². The highest BCUT2D eigenvalue weighted by molar-refractivity contribution is 6.29. The van der Waals surface area contributed by atoms with Crippen LogP contribution in [0.5, 0.6) is 0 Å². The number of nitrogens with zero attached hydrogens (tertiary/aromatic N) is 1. The van der Waals surface area contributed by atoms with Crippen molar-refractivity contribution in [3.8, 4) is 0 Å². The third-order valence-corrected chi connectivity index (χ3v) is 5.09. The van der Waals surface area contributed by atoms with Crippen LogP contribution in [0, 0.1) is 5.92 Å². The number of hydrogen-bond donors (Lipinski definition) is 0. The van der Waals surface area contributed by atoms with Gasteiger partial charge in [0.2, 0.25) is 0 Å². The van der Waals surface area contributed by atoms with E-state index in [-0.39, 0.29) is 11.9 Å². The minimum atomic E-state index is -0.627. The van der Waals surface area contributed by atoms with Crippen LogP contribution >= 0.6 is 11.6 Å². The number of fused-ring (bicyclic) bond motifs is 1. The molecule has 1 fully saturated rings. The highest BCUT2D eigenvalue weighted by atomic mass is 35.5. The Morgan fingerprint density at radius 2 is 2.00 bits per heavy atom. The monoisotopic (exact) mass is 331 g/mol. The van der Waals surface area contributed by atoms with Gasteiger partial charge in [0.15, 0.2) is 0 Å². The quantitative estimate of drug-likeness (QED) is 0.767. The Labute approximate surface area is 142 Å². The van der Waals surface area contributed by atoms with Crippen LogP contribution in [0.15, 0.2) is 53.3 Å². The number of halogens is 1. The number of ether oxygens (including phenoxy) is 1. The molecule has 0 bridgehead atoms. The van der Waals surface area contributed by atoms with Crippen molar-refractivity contribution in [3.63, 3.8) is 0 Å². The van der Waals surface area contributed by atoms with Crippen molar-refractivity contribution >= 4 is 17.6 Å². The molecular weight excluding hydrogens is 310 g/mol. The van der Waals surface area contributed by atoms with Gasteiger partial charge in [0.25, 0.3) is 0 Å². The van der Waals surface area contributed by atoms with Crippen LogP contribution in [0.3, 0.4) is 0 Å². The standard InChI is InChI=1S/C19H22ClNO2/c1-21(2)12-6-11-19(14-7-4-3-5-8-14)16-13-15(20)9-10-17(16)23-18(19)22/h3-5,7-10,16H,6,11-13H2,1-2H3. The summed E-state index contributed by atoms with van der Waals surface area (Å²) >= 11 is 6.27. The maximum atomic E-state index is 12.9. The van der Waals surface area contributed by atoms with Crippen molar-refractivity contribution < 1.29 is 9.53 Å². The fraction of sp³-hybridized carbons (Fsp3) is 0.421. The summed E-state index contributed by atoms with van der Waals surface area (Å²) < 4.78 is 5.65. The van der Waals surface area contributed by atoms with E-state index in [2.05, 4.69) is 4.90 Å². The maximum Gasteiger partial charge on any atom is 0.322 e. The van der Waals surface area contributed by atoms with E-state index in [1.54, 1.807) is 0 Å². The van der Waals surface area contributed by atoms with Crippen LogP contribution in [0.2, 0.25) is 0 Å². The van der Waals surface area contributed by atoms with E-state index in [1.165, 1.54) is 0 Å². The van der Waals surface area contributed by atoms with Crippen molar-refractivity contribution in [3.05, 3.63) is 58.8 Å². The number of carbonyl (C=O) groups is 1. The predicted molar refractivity (Wildman–Crippen MR) is 92.1 cm³/mol. The van der Waals surface area contributed by atoms with Gasteiger partial charge in [-0.15, -0.1) is 0 Å². The molecule has 0 amide bonds. The number of hydrogen-bond acceptors (Lipinski definition) is 3. The Hall–Kier alpha value is -1.58. The number of benzene rings is 1. The van der Waals surface area contributed by atoms with Crippen molar-refractivity contribution in [1.29, 1.82) is 0 Å². The molecule has 2 unspecified atom stereocenters. The normalized spacial score (nSPS) is 26.6.